The van der Waals surface area contributed by atoms with Gasteiger partial charge in [-0.15, -0.1) is 0 Å². The van der Waals surface area contributed by atoms with Crippen LogP contribution in [0.1, 0.15) is 65.7 Å². The van der Waals surface area contributed by atoms with E-state index in [1.54, 1.807) is 11.1 Å². The molecule has 2 unspecified atom stereocenters. The number of fused-ring (bicyclic) bond motifs is 5. The average molecular weight is 385 g/mol. The molecular weight excluding hydrogens is 344 g/mol. The first-order valence-corrected chi connectivity index (χ1v) is 12.0. The zero-order chi connectivity index (χ0) is 19.5. The summed E-state index contributed by atoms with van der Waals surface area (Å²) < 4.78 is 0. The SMILES string of the molecule is CC(C1=CC[C@H]2[C@@H]3CC=C4CC(O)CC[C@]4(C)[C@H]3CC[C@]12C)N1CCNCC1. The topological polar surface area (TPSA) is 35.5 Å². The summed E-state index contributed by atoms with van der Waals surface area (Å²) in [6.45, 7) is 12.3. The molecule has 2 saturated carbocycles. The van der Waals surface area contributed by atoms with E-state index in [2.05, 4.69) is 43.1 Å². The molecule has 0 aromatic carbocycles. The van der Waals surface area contributed by atoms with Crippen LogP contribution in [0.2, 0.25) is 0 Å². The molecule has 2 N–H and O–H groups in total. The number of allylic oxidation sites excluding steroid dienone is 2. The van der Waals surface area contributed by atoms with Crippen LogP contribution in [0.5, 0.6) is 0 Å². The van der Waals surface area contributed by atoms with Gasteiger partial charge in [-0.1, -0.05) is 37.1 Å². The highest BCUT2D eigenvalue weighted by molar-refractivity contribution is 5.32. The fraction of sp³-hybridized carbons (Fsp3) is 0.840. The van der Waals surface area contributed by atoms with Crippen molar-refractivity contribution in [2.45, 2.75) is 77.9 Å². The van der Waals surface area contributed by atoms with Crippen molar-refractivity contribution in [2.24, 2.45) is 28.6 Å². The van der Waals surface area contributed by atoms with Crippen molar-refractivity contribution in [3.63, 3.8) is 0 Å². The fourth-order valence-electron chi connectivity index (χ4n) is 8.16. The van der Waals surface area contributed by atoms with Gasteiger partial charge in [-0.05, 0) is 80.5 Å². The Morgan fingerprint density at radius 3 is 2.57 bits per heavy atom. The number of hydrogen-bond donors (Lipinski definition) is 2. The molecule has 1 saturated heterocycles. The summed E-state index contributed by atoms with van der Waals surface area (Å²) >= 11 is 0. The van der Waals surface area contributed by atoms with Crippen LogP contribution in [0.15, 0.2) is 23.3 Å². The molecule has 5 rings (SSSR count). The standard InChI is InChI=1S/C25H40N2O/c1-17(27-14-12-26-13-15-27)21-6-7-22-20-5-4-18-16-19(28)8-10-24(18,2)23(20)9-11-25(21,22)3/h4,6,17,19-20,22-23,26,28H,5,7-16H2,1-3H3/t17?,19?,20-,22-,23-,24-,25+/m0/s1. The van der Waals surface area contributed by atoms with Crippen molar-refractivity contribution in [3.8, 4) is 0 Å². The summed E-state index contributed by atoms with van der Waals surface area (Å²) in [4.78, 5) is 2.71. The fourth-order valence-corrected chi connectivity index (χ4v) is 8.16. The van der Waals surface area contributed by atoms with E-state index >= 15 is 0 Å². The van der Waals surface area contributed by atoms with Gasteiger partial charge in [0.25, 0.3) is 0 Å². The molecule has 0 spiro atoms. The Morgan fingerprint density at radius 1 is 1.04 bits per heavy atom. The monoisotopic (exact) mass is 384 g/mol. The van der Waals surface area contributed by atoms with Gasteiger partial charge in [0.2, 0.25) is 0 Å². The van der Waals surface area contributed by atoms with Crippen molar-refractivity contribution in [1.82, 2.24) is 10.2 Å². The third-order valence-electron chi connectivity index (χ3n) is 9.87. The molecule has 0 aromatic rings. The molecule has 156 valence electrons. The molecule has 4 aliphatic carbocycles. The van der Waals surface area contributed by atoms with Gasteiger partial charge in [0.05, 0.1) is 6.10 Å². The first kappa shape index (κ1) is 19.3. The zero-order valence-electron chi connectivity index (χ0n) is 18.2. The van der Waals surface area contributed by atoms with E-state index in [0.29, 0.717) is 16.9 Å². The quantitative estimate of drug-likeness (QED) is 0.703. The summed E-state index contributed by atoms with van der Waals surface area (Å²) in [7, 11) is 0. The summed E-state index contributed by atoms with van der Waals surface area (Å²) in [5.74, 6) is 2.50. The van der Waals surface area contributed by atoms with Crippen LogP contribution >= 0.6 is 0 Å². The number of nitrogens with one attached hydrogen (secondary N) is 1. The molecule has 0 aromatic heterocycles. The number of aliphatic hydroxyl groups excluding tert-OH is 1. The smallest absolute Gasteiger partial charge is 0.0577 e. The van der Waals surface area contributed by atoms with Crippen LogP contribution in [0.25, 0.3) is 0 Å². The lowest BCUT2D eigenvalue weighted by Gasteiger charge is -2.58. The lowest BCUT2D eigenvalue weighted by atomic mass is 9.47. The average Bonchev–Trinajstić information content (AvgIpc) is 3.06. The second-order valence-corrected chi connectivity index (χ2v) is 11.0. The van der Waals surface area contributed by atoms with Crippen LogP contribution < -0.4 is 5.32 Å². The van der Waals surface area contributed by atoms with Gasteiger partial charge in [0, 0.05) is 32.2 Å². The summed E-state index contributed by atoms with van der Waals surface area (Å²) in [6.07, 6.45) is 13.6. The summed E-state index contributed by atoms with van der Waals surface area (Å²) in [5.41, 5.74) is 4.12. The maximum Gasteiger partial charge on any atom is 0.0577 e. The number of rotatable bonds is 2. The number of nitrogens with zero attached hydrogens (tertiary/aromatic N) is 1. The van der Waals surface area contributed by atoms with Crippen LogP contribution in [0, 0.1) is 28.6 Å². The van der Waals surface area contributed by atoms with E-state index in [0.717, 1.165) is 43.7 Å². The van der Waals surface area contributed by atoms with E-state index < -0.39 is 0 Å². The highest BCUT2D eigenvalue weighted by atomic mass is 16.3. The first-order chi connectivity index (χ1) is 13.4. The Bertz CT molecular complexity index is 678. The molecule has 3 heteroatoms. The van der Waals surface area contributed by atoms with Gasteiger partial charge in [-0.25, -0.2) is 0 Å². The van der Waals surface area contributed by atoms with Crippen LogP contribution in [0.3, 0.4) is 0 Å². The molecule has 7 atom stereocenters. The molecule has 28 heavy (non-hydrogen) atoms. The number of hydrogen-bond acceptors (Lipinski definition) is 3. The van der Waals surface area contributed by atoms with E-state index in [1.165, 1.54) is 45.2 Å². The van der Waals surface area contributed by atoms with E-state index in [-0.39, 0.29) is 6.10 Å². The Labute approximate surface area is 171 Å². The van der Waals surface area contributed by atoms with E-state index in [1.807, 2.05) is 0 Å². The molecule has 1 aliphatic heterocycles. The second-order valence-electron chi connectivity index (χ2n) is 11.0. The lowest BCUT2D eigenvalue weighted by molar-refractivity contribution is -0.0328. The van der Waals surface area contributed by atoms with Gasteiger partial charge < -0.3 is 10.4 Å². The van der Waals surface area contributed by atoms with E-state index in [4.69, 9.17) is 0 Å². The molecule has 0 amide bonds. The maximum atomic E-state index is 10.2. The van der Waals surface area contributed by atoms with E-state index in [9.17, 15) is 5.11 Å². The molecular formula is C25H40N2O. The van der Waals surface area contributed by atoms with Crippen LogP contribution in [0.4, 0.5) is 0 Å². The highest BCUT2D eigenvalue weighted by Crippen LogP contribution is 2.65. The Morgan fingerprint density at radius 2 is 1.79 bits per heavy atom. The van der Waals surface area contributed by atoms with Crippen molar-refractivity contribution < 1.29 is 5.11 Å². The van der Waals surface area contributed by atoms with Crippen LogP contribution in [-0.2, 0) is 0 Å². The minimum atomic E-state index is -0.0932. The summed E-state index contributed by atoms with van der Waals surface area (Å²) in [5, 5.41) is 13.7. The number of piperazine rings is 1. The number of aliphatic hydroxyl groups is 1. The van der Waals surface area contributed by atoms with Gasteiger partial charge in [-0.3, -0.25) is 4.90 Å². The van der Waals surface area contributed by atoms with Crippen LogP contribution in [-0.4, -0.2) is 48.3 Å². The highest BCUT2D eigenvalue weighted by Gasteiger charge is 2.57. The second kappa shape index (κ2) is 6.96. The van der Waals surface area contributed by atoms with Gasteiger partial charge in [0.15, 0.2) is 0 Å². The summed E-state index contributed by atoms with van der Waals surface area (Å²) in [6, 6.07) is 0.601. The van der Waals surface area contributed by atoms with Gasteiger partial charge in [0.1, 0.15) is 0 Å². The normalized spacial score (nSPS) is 47.4. The third kappa shape index (κ3) is 2.80. The van der Waals surface area contributed by atoms with Gasteiger partial charge in [-0.2, -0.15) is 0 Å². The molecule has 1 heterocycles. The Hall–Kier alpha value is -0.640. The Kier molecular flexibility index (Phi) is 4.80. The molecule has 3 nitrogen and oxygen atoms in total. The Balaban J connectivity index is 1.39. The van der Waals surface area contributed by atoms with Crippen molar-refractivity contribution in [2.75, 3.05) is 26.2 Å². The minimum absolute atomic E-state index is 0.0932. The zero-order valence-corrected chi connectivity index (χ0v) is 18.2. The lowest BCUT2D eigenvalue weighted by Crippen LogP contribution is -2.53. The predicted octanol–water partition coefficient (Wildman–Crippen LogP) is 4.14. The molecule has 5 aliphatic rings. The van der Waals surface area contributed by atoms with Crippen molar-refractivity contribution in [1.29, 1.82) is 0 Å². The van der Waals surface area contributed by atoms with Crippen molar-refractivity contribution in [3.05, 3.63) is 23.3 Å². The minimum Gasteiger partial charge on any atom is -0.393 e. The maximum absolute atomic E-state index is 10.2. The first-order valence-electron chi connectivity index (χ1n) is 12.0. The largest absolute Gasteiger partial charge is 0.393 e. The molecule has 3 fully saturated rings. The third-order valence-corrected chi connectivity index (χ3v) is 9.87. The molecule has 0 radical (unpaired) electrons. The van der Waals surface area contributed by atoms with Crippen molar-refractivity contribution >= 4 is 0 Å². The molecule has 0 bridgehead atoms. The van der Waals surface area contributed by atoms with Gasteiger partial charge >= 0.3 is 0 Å². The predicted molar refractivity (Wildman–Crippen MR) is 115 cm³/mol.